The maximum absolute atomic E-state index is 14.6. The van der Waals surface area contributed by atoms with Gasteiger partial charge in [-0.1, -0.05) is 11.6 Å². The molecule has 156 valence electrons. The molecule has 1 saturated heterocycles. The minimum atomic E-state index is -3.66. The second kappa shape index (κ2) is 8.20. The fourth-order valence-corrected chi connectivity index (χ4v) is 5.61. The average molecular weight is 436 g/mol. The summed E-state index contributed by atoms with van der Waals surface area (Å²) < 4.78 is 45.9. The van der Waals surface area contributed by atoms with E-state index < -0.39 is 25.7 Å². The van der Waals surface area contributed by atoms with Crippen molar-refractivity contribution in [2.45, 2.75) is 65.1 Å². The summed E-state index contributed by atoms with van der Waals surface area (Å²) in [5.74, 6) is -1.59. The van der Waals surface area contributed by atoms with Gasteiger partial charge < -0.3 is 24.1 Å². The van der Waals surface area contributed by atoms with Crippen LogP contribution in [0.25, 0.3) is 11.2 Å². The lowest BCUT2D eigenvalue weighted by atomic mass is 10.1. The van der Waals surface area contributed by atoms with Crippen molar-refractivity contribution in [2.24, 2.45) is 5.92 Å². The van der Waals surface area contributed by atoms with Crippen LogP contribution < -0.4 is 5.73 Å². The first-order valence-corrected chi connectivity index (χ1v) is 11.0. The minimum Gasteiger partial charge on any atom is -0.368 e. The molecular formula is C16H24ClFN5O4P. The Hall–Kier alpha value is -1.32. The Bertz CT molecular complexity index is 881. The van der Waals surface area contributed by atoms with E-state index in [2.05, 4.69) is 15.0 Å². The van der Waals surface area contributed by atoms with E-state index in [4.69, 9.17) is 31.1 Å². The van der Waals surface area contributed by atoms with Crippen LogP contribution in [0.15, 0.2) is 6.33 Å². The average Bonchev–Trinajstić information content (AvgIpc) is 3.11. The van der Waals surface area contributed by atoms with Crippen molar-refractivity contribution in [1.29, 1.82) is 0 Å². The molecule has 3 heterocycles. The molecule has 0 unspecified atom stereocenters. The summed E-state index contributed by atoms with van der Waals surface area (Å²) in [5, 5.41) is 0.124. The second-order valence-electron chi connectivity index (χ2n) is 7.23. The van der Waals surface area contributed by atoms with Crippen LogP contribution >= 0.6 is 19.2 Å². The molecule has 28 heavy (non-hydrogen) atoms. The number of alkyl halides is 1. The van der Waals surface area contributed by atoms with Gasteiger partial charge in [0, 0.05) is 12.5 Å². The predicted molar refractivity (Wildman–Crippen MR) is 103 cm³/mol. The quantitative estimate of drug-likeness (QED) is 0.516. The van der Waals surface area contributed by atoms with Crippen LogP contribution in [0.3, 0.4) is 0 Å². The van der Waals surface area contributed by atoms with E-state index >= 15 is 0 Å². The van der Waals surface area contributed by atoms with E-state index in [1.807, 2.05) is 0 Å². The van der Waals surface area contributed by atoms with E-state index in [0.29, 0.717) is 11.2 Å². The molecule has 0 aliphatic carbocycles. The first-order chi connectivity index (χ1) is 13.1. The molecule has 0 spiro atoms. The van der Waals surface area contributed by atoms with Crippen LogP contribution in [0.4, 0.5) is 10.3 Å². The number of aromatic nitrogens is 4. The number of nitrogens with two attached hydrogens (primary N) is 1. The lowest BCUT2D eigenvalue weighted by Gasteiger charge is -2.26. The molecule has 12 heteroatoms. The van der Waals surface area contributed by atoms with Crippen LogP contribution in [0, 0.1) is 5.92 Å². The summed E-state index contributed by atoms with van der Waals surface area (Å²) in [4.78, 5) is 12.1. The molecule has 0 saturated carbocycles. The monoisotopic (exact) mass is 435 g/mol. The Kier molecular flexibility index (Phi) is 6.26. The van der Waals surface area contributed by atoms with E-state index in [1.165, 1.54) is 6.33 Å². The molecule has 2 aromatic rings. The van der Waals surface area contributed by atoms with E-state index in [-0.39, 0.29) is 36.3 Å². The van der Waals surface area contributed by atoms with Gasteiger partial charge in [0.25, 0.3) is 0 Å². The van der Waals surface area contributed by atoms with Crippen molar-refractivity contribution in [1.82, 2.24) is 19.5 Å². The largest absolute Gasteiger partial charge is 0.368 e. The highest BCUT2D eigenvalue weighted by Gasteiger charge is 2.48. The molecule has 2 N–H and O–H groups in total. The van der Waals surface area contributed by atoms with Crippen LogP contribution in [-0.2, 0) is 24.9 Å². The zero-order chi connectivity index (χ0) is 20.6. The normalized spacial score (nSPS) is 23.4. The maximum atomic E-state index is 14.6. The fraction of sp³-hybridized carbons (Fsp3) is 0.688. The molecule has 1 aliphatic rings. The lowest BCUT2D eigenvalue weighted by molar-refractivity contribution is -0.0408. The van der Waals surface area contributed by atoms with Crippen molar-refractivity contribution < 1.29 is 22.7 Å². The number of fused-ring (bicyclic) bond motifs is 1. The number of hydrogen-bond acceptors (Lipinski definition) is 8. The van der Waals surface area contributed by atoms with Gasteiger partial charge in [0.1, 0.15) is 5.52 Å². The number of nitrogens with zero attached hydrogens (tertiary/aromatic N) is 4. The Labute approximate surface area is 167 Å². The van der Waals surface area contributed by atoms with Crippen LogP contribution in [0.1, 0.15) is 34.1 Å². The van der Waals surface area contributed by atoms with Crippen molar-refractivity contribution in [3.63, 3.8) is 0 Å². The summed E-state index contributed by atoms with van der Waals surface area (Å²) >= 11 is 6.03. The molecule has 9 nitrogen and oxygen atoms in total. The van der Waals surface area contributed by atoms with Crippen molar-refractivity contribution in [2.75, 3.05) is 5.73 Å². The number of nitrogen functional groups attached to an aromatic ring is 1. The van der Waals surface area contributed by atoms with Gasteiger partial charge in [-0.3, -0.25) is 4.57 Å². The molecule has 3 rings (SSSR count). The van der Waals surface area contributed by atoms with Crippen molar-refractivity contribution >= 4 is 36.3 Å². The highest BCUT2D eigenvalue weighted by atomic mass is 35.5. The second-order valence-corrected chi connectivity index (χ2v) is 9.66. The van der Waals surface area contributed by atoms with Gasteiger partial charge in [-0.05, 0) is 34.1 Å². The first kappa shape index (κ1) is 21.4. The number of ether oxygens (including phenoxy) is 1. The van der Waals surface area contributed by atoms with Gasteiger partial charge in [0.15, 0.2) is 16.6 Å². The third kappa shape index (κ3) is 4.46. The Morgan fingerprint density at radius 3 is 2.61 bits per heavy atom. The van der Waals surface area contributed by atoms with Gasteiger partial charge >= 0.3 is 7.60 Å². The summed E-state index contributed by atoms with van der Waals surface area (Å²) in [6.07, 6.45) is -0.711. The molecule has 0 radical (unpaired) electrons. The summed E-state index contributed by atoms with van der Waals surface area (Å²) in [5.41, 5.74) is 6.41. The minimum absolute atomic E-state index is 0.00300. The number of imidazole rings is 1. The zero-order valence-corrected chi connectivity index (χ0v) is 17.7. The van der Waals surface area contributed by atoms with Crippen molar-refractivity contribution in [3.8, 4) is 0 Å². The summed E-state index contributed by atoms with van der Waals surface area (Å²) in [6, 6.07) is 0. The van der Waals surface area contributed by atoms with Gasteiger partial charge in [-0.15, -0.1) is 0 Å². The third-order valence-corrected chi connectivity index (χ3v) is 6.83. The zero-order valence-electron chi connectivity index (χ0n) is 16.1. The van der Waals surface area contributed by atoms with Crippen LogP contribution in [-0.4, -0.2) is 43.9 Å². The molecule has 2 aromatic heterocycles. The van der Waals surface area contributed by atoms with Gasteiger partial charge in [0.05, 0.1) is 18.5 Å². The smallest absolute Gasteiger partial charge is 0.359 e. The fourth-order valence-electron chi connectivity index (χ4n) is 3.10. The van der Waals surface area contributed by atoms with Crippen LogP contribution in [0.5, 0.6) is 0 Å². The maximum Gasteiger partial charge on any atom is 0.359 e. The lowest BCUT2D eigenvalue weighted by Crippen LogP contribution is -2.18. The molecule has 0 bridgehead atoms. The number of anilines is 1. The molecule has 1 aliphatic heterocycles. The molecular weight excluding hydrogens is 412 g/mol. The third-order valence-electron chi connectivity index (χ3n) is 4.10. The Morgan fingerprint density at radius 2 is 2.00 bits per heavy atom. The number of rotatable bonds is 7. The highest BCUT2D eigenvalue weighted by molar-refractivity contribution is 7.54. The number of halogens is 2. The van der Waals surface area contributed by atoms with E-state index in [1.54, 1.807) is 32.3 Å². The highest BCUT2D eigenvalue weighted by Crippen LogP contribution is 2.60. The Balaban J connectivity index is 1.81. The number of hydrogen-bond donors (Lipinski definition) is 1. The Morgan fingerprint density at radius 1 is 1.36 bits per heavy atom. The van der Waals surface area contributed by atoms with Gasteiger partial charge in [-0.25, -0.2) is 9.37 Å². The van der Waals surface area contributed by atoms with Crippen LogP contribution in [0.2, 0.25) is 5.15 Å². The summed E-state index contributed by atoms with van der Waals surface area (Å²) in [6.45, 7) is 7.13. The molecule has 0 aromatic carbocycles. The first-order valence-electron chi connectivity index (χ1n) is 8.99. The molecule has 3 atom stereocenters. The van der Waals surface area contributed by atoms with Gasteiger partial charge in [0.2, 0.25) is 12.3 Å². The summed E-state index contributed by atoms with van der Waals surface area (Å²) in [7, 11) is -3.66. The SMILES string of the molecule is CC(C)OP(=O)(OC(C)C)[C@H]1C[C@@H](Cn2cnc3c(Cl)nc(N)nc32)[C@@H](F)O1. The standard InChI is InChI=1S/C16H24ClFN5O4P/c1-8(2)26-28(24,27-9(3)4)11-5-10(14(18)25-11)6-23-7-20-12-13(17)21-16(19)22-15(12)23/h7-11,14H,5-6H2,1-4H3,(H2,19,21,22)/t10-,11-,14-/m0/s1. The predicted octanol–water partition coefficient (Wildman–Crippen LogP) is 3.76. The molecule has 0 amide bonds. The van der Waals surface area contributed by atoms with Gasteiger partial charge in [-0.2, -0.15) is 9.97 Å². The van der Waals surface area contributed by atoms with E-state index in [0.717, 1.165) is 0 Å². The topological polar surface area (TPSA) is 114 Å². The molecule has 1 fully saturated rings. The van der Waals surface area contributed by atoms with E-state index in [9.17, 15) is 8.96 Å². The van der Waals surface area contributed by atoms with Crippen molar-refractivity contribution in [3.05, 3.63) is 11.5 Å².